The van der Waals surface area contributed by atoms with Crippen LogP contribution in [0, 0.1) is 24.7 Å². The van der Waals surface area contributed by atoms with E-state index in [9.17, 15) is 20.0 Å². The lowest BCUT2D eigenvalue weighted by Crippen LogP contribution is -2.71. The van der Waals surface area contributed by atoms with E-state index in [-0.39, 0.29) is 24.8 Å². The van der Waals surface area contributed by atoms with Crippen LogP contribution in [0.25, 0.3) is 0 Å². The van der Waals surface area contributed by atoms with Gasteiger partial charge < -0.3 is 20.6 Å². The third-order valence-corrected chi connectivity index (χ3v) is 7.35. The number of terminal acetylenes is 2. The van der Waals surface area contributed by atoms with Crippen molar-refractivity contribution in [1.82, 2.24) is 20.3 Å². The Bertz CT molecular complexity index is 793. The fourth-order valence-electron chi connectivity index (χ4n) is 4.74. The van der Waals surface area contributed by atoms with Crippen LogP contribution in [0.5, 0.6) is 0 Å². The van der Waals surface area contributed by atoms with Gasteiger partial charge >= 0.3 is 0 Å². The Morgan fingerprint density at radius 1 is 0.889 bits per heavy atom. The number of amides is 2. The smallest absolute Gasteiger partial charge is 0.246 e. The van der Waals surface area contributed by atoms with E-state index < -0.39 is 16.6 Å². The first-order chi connectivity index (χ1) is 16.2. The summed E-state index contributed by atoms with van der Waals surface area (Å²) in [5.41, 5.74) is -2.45. The van der Waals surface area contributed by atoms with Crippen LogP contribution in [0.1, 0.15) is 88.5 Å². The number of carbonyl (C=O) groups is 2. The number of hydroxylamine groups is 4. The zero-order chi connectivity index (χ0) is 27.7. The van der Waals surface area contributed by atoms with Gasteiger partial charge in [0.05, 0.1) is 23.0 Å². The lowest BCUT2D eigenvalue weighted by Gasteiger charge is -2.53. The molecule has 9 heteroatoms. The number of rotatable bonds is 5. The zero-order valence-electron chi connectivity index (χ0n) is 22.7. The summed E-state index contributed by atoms with van der Waals surface area (Å²) in [6.45, 7) is 16.6. The van der Waals surface area contributed by atoms with E-state index in [0.717, 1.165) is 0 Å². The van der Waals surface area contributed by atoms with Crippen LogP contribution >= 0.6 is 15.9 Å². The average Bonchev–Trinajstić information content (AvgIpc) is 2.83. The Kier molecular flexibility index (Phi) is 15.2. The highest BCUT2D eigenvalue weighted by molar-refractivity contribution is 9.09. The first-order valence-electron chi connectivity index (χ1n) is 12.2. The van der Waals surface area contributed by atoms with Gasteiger partial charge in [0.25, 0.3) is 0 Å². The molecule has 2 fully saturated rings. The van der Waals surface area contributed by atoms with Gasteiger partial charge in [0, 0.05) is 13.1 Å². The molecule has 36 heavy (non-hydrogen) atoms. The van der Waals surface area contributed by atoms with Crippen molar-refractivity contribution in [3.05, 3.63) is 0 Å². The Morgan fingerprint density at radius 2 is 1.31 bits per heavy atom. The normalized spacial score (nSPS) is 21.8. The molecule has 0 unspecified atom stereocenters. The van der Waals surface area contributed by atoms with Gasteiger partial charge in [-0.05, 0) is 53.4 Å². The molecule has 2 rings (SSSR count). The minimum Gasteiger partial charge on any atom is -0.352 e. The molecule has 2 aliphatic rings. The van der Waals surface area contributed by atoms with Crippen molar-refractivity contribution in [2.24, 2.45) is 0 Å². The third-order valence-electron chi connectivity index (χ3n) is 7.02. The summed E-state index contributed by atoms with van der Waals surface area (Å²) in [5, 5.41) is 26.4. The molecule has 0 bridgehead atoms. The van der Waals surface area contributed by atoms with Crippen molar-refractivity contribution in [1.29, 1.82) is 0 Å². The van der Waals surface area contributed by atoms with E-state index in [2.05, 4.69) is 33.1 Å². The standard InChI is InChI=1S/C13H22N2O2.C10H20N2O2.C3H3Br.CH4/c1-6-9-14-10-12(4,5)15(17)13(7-2,8-3)11(14)16;1-5-10(6-2)8(13)11-7-9(3,4)12(10)14;1-2-3-4;/h1,17H,7-10H2,2-5H3;14H,5-7H2,1-4H3,(H,11,13);1H,3H2;1H4. The van der Waals surface area contributed by atoms with Crippen LogP contribution in [-0.2, 0) is 9.59 Å². The van der Waals surface area contributed by atoms with Gasteiger partial charge in [0.15, 0.2) is 0 Å². The molecule has 0 atom stereocenters. The summed E-state index contributed by atoms with van der Waals surface area (Å²) in [4.78, 5) is 25.9. The maximum atomic E-state index is 12.4. The molecule has 2 amide bonds. The van der Waals surface area contributed by atoms with Crippen molar-refractivity contribution in [3.8, 4) is 24.7 Å². The molecule has 0 saturated carbocycles. The second-order valence-corrected chi connectivity index (χ2v) is 10.7. The molecule has 2 heterocycles. The summed E-state index contributed by atoms with van der Waals surface area (Å²) in [6, 6.07) is 0. The molecular weight excluding hydrogens is 524 g/mol. The van der Waals surface area contributed by atoms with Crippen molar-refractivity contribution in [3.63, 3.8) is 0 Å². The van der Waals surface area contributed by atoms with Crippen LogP contribution < -0.4 is 5.32 Å². The minimum absolute atomic E-state index is 0. The second-order valence-electron chi connectivity index (χ2n) is 10.1. The van der Waals surface area contributed by atoms with E-state index in [4.69, 9.17) is 12.8 Å². The molecule has 8 nitrogen and oxygen atoms in total. The summed E-state index contributed by atoms with van der Waals surface area (Å²) < 4.78 is 0. The largest absolute Gasteiger partial charge is 0.352 e. The van der Waals surface area contributed by atoms with Gasteiger partial charge in [-0.25, -0.2) is 0 Å². The van der Waals surface area contributed by atoms with Crippen LogP contribution in [0.4, 0.5) is 0 Å². The lowest BCUT2D eigenvalue weighted by atomic mass is 9.83. The number of hydrogen-bond acceptors (Lipinski definition) is 6. The number of halogens is 1. The fourth-order valence-corrected chi connectivity index (χ4v) is 4.74. The number of hydrogen-bond donors (Lipinski definition) is 3. The lowest BCUT2D eigenvalue weighted by molar-refractivity contribution is -0.256. The predicted molar refractivity (Wildman–Crippen MR) is 150 cm³/mol. The fraction of sp³-hybridized carbons (Fsp3) is 0.778. The zero-order valence-corrected chi connectivity index (χ0v) is 24.3. The Labute approximate surface area is 228 Å². The Hall–Kier alpha value is -1.62. The summed E-state index contributed by atoms with van der Waals surface area (Å²) in [5.74, 6) is 4.73. The molecular formula is C27H49BrN4O4. The highest BCUT2D eigenvalue weighted by atomic mass is 79.9. The first kappa shape index (κ1) is 36.5. The Balaban J connectivity index is 0. The summed E-state index contributed by atoms with van der Waals surface area (Å²) in [6.07, 6.45) is 12.4. The van der Waals surface area contributed by atoms with Gasteiger partial charge in [0.1, 0.15) is 11.1 Å². The molecule has 0 aliphatic carbocycles. The number of piperazine rings is 2. The SMILES string of the molecule is C.C#CCBr.C#CCN1CC(C)(C)N(O)C(CC)(CC)C1=O.CCC1(CC)C(=O)NCC(C)(C)N1O. The van der Waals surface area contributed by atoms with Gasteiger partial charge in [-0.3, -0.25) is 9.59 Å². The highest BCUT2D eigenvalue weighted by Gasteiger charge is 2.54. The molecule has 208 valence electrons. The summed E-state index contributed by atoms with van der Waals surface area (Å²) in [7, 11) is 0. The van der Waals surface area contributed by atoms with Crippen LogP contribution in [0.3, 0.4) is 0 Å². The quantitative estimate of drug-likeness (QED) is 0.336. The maximum Gasteiger partial charge on any atom is 0.246 e. The van der Waals surface area contributed by atoms with E-state index in [1.165, 1.54) is 10.1 Å². The maximum absolute atomic E-state index is 12.4. The van der Waals surface area contributed by atoms with Crippen LogP contribution in [-0.4, -0.2) is 84.4 Å². The first-order valence-corrected chi connectivity index (χ1v) is 13.3. The third kappa shape index (κ3) is 7.46. The van der Waals surface area contributed by atoms with Crippen molar-refractivity contribution >= 4 is 27.7 Å². The van der Waals surface area contributed by atoms with Gasteiger partial charge in [0.2, 0.25) is 11.8 Å². The van der Waals surface area contributed by atoms with Gasteiger partial charge in [-0.1, -0.05) is 62.9 Å². The highest BCUT2D eigenvalue weighted by Crippen LogP contribution is 2.36. The van der Waals surface area contributed by atoms with Crippen molar-refractivity contribution in [2.75, 3.05) is 25.0 Å². The van der Waals surface area contributed by atoms with E-state index in [0.29, 0.717) is 50.6 Å². The molecule has 0 aromatic rings. The molecule has 2 saturated heterocycles. The molecule has 0 aromatic carbocycles. The number of nitrogens with zero attached hydrogens (tertiary/aromatic N) is 3. The Morgan fingerprint density at radius 3 is 1.64 bits per heavy atom. The molecule has 0 radical (unpaired) electrons. The van der Waals surface area contributed by atoms with E-state index in [1.807, 2.05) is 55.4 Å². The minimum atomic E-state index is -0.835. The molecule has 3 N–H and O–H groups in total. The van der Waals surface area contributed by atoms with Gasteiger partial charge in [-0.15, -0.1) is 12.8 Å². The van der Waals surface area contributed by atoms with E-state index in [1.54, 1.807) is 4.90 Å². The number of nitrogens with one attached hydrogen (secondary N) is 1. The predicted octanol–water partition coefficient (Wildman–Crippen LogP) is 4.29. The monoisotopic (exact) mass is 572 g/mol. The second kappa shape index (κ2) is 15.0. The van der Waals surface area contributed by atoms with Crippen LogP contribution in [0.2, 0.25) is 0 Å². The van der Waals surface area contributed by atoms with Gasteiger partial charge in [-0.2, -0.15) is 10.1 Å². The molecule has 2 aliphatic heterocycles. The average molecular weight is 574 g/mol. The van der Waals surface area contributed by atoms with E-state index >= 15 is 0 Å². The number of carbonyl (C=O) groups excluding carboxylic acids is 2. The summed E-state index contributed by atoms with van der Waals surface area (Å²) >= 11 is 3.01. The molecule has 0 aromatic heterocycles. The van der Waals surface area contributed by atoms with Crippen molar-refractivity contribution in [2.45, 2.75) is 111 Å². The number of alkyl halides is 1. The van der Waals surface area contributed by atoms with Crippen LogP contribution in [0.15, 0.2) is 0 Å². The molecule has 0 spiro atoms. The topological polar surface area (TPSA) is 96.3 Å². The van der Waals surface area contributed by atoms with Crippen molar-refractivity contribution < 1.29 is 20.0 Å².